The van der Waals surface area contributed by atoms with Gasteiger partial charge in [0.1, 0.15) is 5.52 Å². The maximum absolute atomic E-state index is 12.2. The lowest BCUT2D eigenvalue weighted by atomic mass is 10.2. The predicted octanol–water partition coefficient (Wildman–Crippen LogP) is 2.04. The van der Waals surface area contributed by atoms with Crippen LogP contribution in [0.4, 0.5) is 13.2 Å². The van der Waals surface area contributed by atoms with Crippen LogP contribution in [0.15, 0.2) is 24.7 Å². The van der Waals surface area contributed by atoms with Gasteiger partial charge in [-0.1, -0.05) is 0 Å². The Morgan fingerprint density at radius 3 is 2.43 bits per heavy atom. The summed E-state index contributed by atoms with van der Waals surface area (Å²) in [7, 11) is 0. The summed E-state index contributed by atoms with van der Waals surface area (Å²) in [5.41, 5.74) is -0.465. The van der Waals surface area contributed by atoms with E-state index < -0.39 is 11.7 Å². The molecule has 2 aromatic rings. The van der Waals surface area contributed by atoms with Crippen molar-refractivity contribution in [1.29, 1.82) is 0 Å². The number of hydrogen-bond acceptors (Lipinski definition) is 3. The molecule has 0 aliphatic carbocycles. The van der Waals surface area contributed by atoms with Crippen LogP contribution in [0.5, 0.6) is 0 Å². The van der Waals surface area contributed by atoms with Gasteiger partial charge in [-0.15, -0.1) is 0 Å². The molecule has 0 spiro atoms. The van der Waals surface area contributed by atoms with E-state index in [4.69, 9.17) is 0 Å². The van der Waals surface area contributed by atoms with Crippen LogP contribution in [0.1, 0.15) is 5.56 Å². The molecule has 0 amide bonds. The molecule has 14 heavy (non-hydrogen) atoms. The fourth-order valence-electron chi connectivity index (χ4n) is 1.01. The number of aromatic nitrogens is 3. The fraction of sp³-hybridized carbons (Fsp3) is 0.125. The molecule has 72 valence electrons. The normalized spacial score (nSPS) is 11.9. The maximum Gasteiger partial charge on any atom is 0.417 e. The van der Waals surface area contributed by atoms with Crippen LogP contribution in [0.25, 0.3) is 11.2 Å². The summed E-state index contributed by atoms with van der Waals surface area (Å²) in [5, 5.41) is 0. The average molecular weight is 199 g/mol. The first-order chi connectivity index (χ1) is 6.57. The molecule has 0 aromatic carbocycles. The van der Waals surface area contributed by atoms with Gasteiger partial charge in [0.2, 0.25) is 0 Å². The van der Waals surface area contributed by atoms with Crippen LogP contribution in [-0.4, -0.2) is 15.0 Å². The molecule has 0 unspecified atom stereocenters. The zero-order chi connectivity index (χ0) is 10.2. The number of hydrogen-bond donors (Lipinski definition) is 0. The first-order valence-corrected chi connectivity index (χ1v) is 3.71. The van der Waals surface area contributed by atoms with Crippen molar-refractivity contribution in [3.05, 3.63) is 30.2 Å². The molecule has 2 heterocycles. The van der Waals surface area contributed by atoms with Crippen molar-refractivity contribution < 1.29 is 13.2 Å². The van der Waals surface area contributed by atoms with Crippen LogP contribution in [0.3, 0.4) is 0 Å². The van der Waals surface area contributed by atoms with Crippen LogP contribution in [-0.2, 0) is 6.18 Å². The second-order valence-electron chi connectivity index (χ2n) is 2.62. The molecule has 2 rings (SSSR count). The highest BCUT2D eigenvalue weighted by Gasteiger charge is 2.31. The Morgan fingerprint density at radius 1 is 1.00 bits per heavy atom. The molecule has 0 aliphatic heterocycles. The molecular formula is C8H4F3N3. The highest BCUT2D eigenvalue weighted by atomic mass is 19.4. The Kier molecular flexibility index (Phi) is 1.83. The van der Waals surface area contributed by atoms with Gasteiger partial charge in [-0.05, 0) is 6.07 Å². The van der Waals surface area contributed by atoms with Crippen molar-refractivity contribution in [2.24, 2.45) is 0 Å². The smallest absolute Gasteiger partial charge is 0.251 e. The van der Waals surface area contributed by atoms with Crippen LogP contribution >= 0.6 is 0 Å². The summed E-state index contributed by atoms with van der Waals surface area (Å²) < 4.78 is 36.7. The zero-order valence-corrected chi connectivity index (χ0v) is 6.78. The SMILES string of the molecule is FC(F)(F)c1cnc2nccnc2c1. The van der Waals surface area contributed by atoms with E-state index in [1.54, 1.807) is 0 Å². The molecule has 0 saturated carbocycles. The van der Waals surface area contributed by atoms with Gasteiger partial charge in [0.15, 0.2) is 5.65 Å². The van der Waals surface area contributed by atoms with Gasteiger partial charge in [0, 0.05) is 18.6 Å². The standard InChI is InChI=1S/C8H4F3N3/c9-8(10,11)5-3-6-7(14-4-5)13-2-1-12-6/h1-4H. The molecule has 0 N–H and O–H groups in total. The third-order valence-corrected chi connectivity index (χ3v) is 1.65. The summed E-state index contributed by atoms with van der Waals surface area (Å²) in [5.74, 6) is 0. The Balaban J connectivity index is 2.63. The van der Waals surface area contributed by atoms with Gasteiger partial charge in [-0.3, -0.25) is 4.98 Å². The van der Waals surface area contributed by atoms with Crippen molar-refractivity contribution in [3.8, 4) is 0 Å². The van der Waals surface area contributed by atoms with E-state index in [-0.39, 0.29) is 11.2 Å². The molecule has 0 saturated heterocycles. The molecular weight excluding hydrogens is 195 g/mol. The van der Waals surface area contributed by atoms with Crippen LogP contribution in [0.2, 0.25) is 0 Å². The lowest BCUT2D eigenvalue weighted by Gasteiger charge is -2.05. The van der Waals surface area contributed by atoms with Crippen molar-refractivity contribution in [3.63, 3.8) is 0 Å². The molecule has 0 radical (unpaired) electrons. The predicted molar refractivity (Wildman–Crippen MR) is 42.3 cm³/mol. The number of pyridine rings is 1. The lowest BCUT2D eigenvalue weighted by Crippen LogP contribution is -2.05. The highest BCUT2D eigenvalue weighted by Crippen LogP contribution is 2.29. The minimum absolute atomic E-state index is 0.141. The summed E-state index contributed by atoms with van der Waals surface area (Å²) >= 11 is 0. The molecule has 0 bridgehead atoms. The number of rotatable bonds is 0. The molecule has 6 heteroatoms. The van der Waals surface area contributed by atoms with Gasteiger partial charge >= 0.3 is 6.18 Å². The van der Waals surface area contributed by atoms with E-state index in [9.17, 15) is 13.2 Å². The Morgan fingerprint density at radius 2 is 1.71 bits per heavy atom. The lowest BCUT2D eigenvalue weighted by molar-refractivity contribution is -0.137. The molecule has 0 aliphatic rings. The molecule has 2 aromatic heterocycles. The van der Waals surface area contributed by atoms with Gasteiger partial charge in [0.05, 0.1) is 5.56 Å². The van der Waals surface area contributed by atoms with Crippen molar-refractivity contribution >= 4 is 11.2 Å². The van der Waals surface area contributed by atoms with E-state index in [1.807, 2.05) is 0 Å². The summed E-state index contributed by atoms with van der Waals surface area (Å²) in [6.07, 6.45) is -0.942. The second kappa shape index (κ2) is 2.90. The van der Waals surface area contributed by atoms with E-state index in [2.05, 4.69) is 15.0 Å². The highest BCUT2D eigenvalue weighted by molar-refractivity contribution is 5.69. The molecule has 0 atom stereocenters. The monoisotopic (exact) mass is 199 g/mol. The minimum Gasteiger partial charge on any atom is -0.251 e. The quantitative estimate of drug-likeness (QED) is 0.651. The third-order valence-electron chi connectivity index (χ3n) is 1.65. The first kappa shape index (κ1) is 8.86. The number of fused-ring (bicyclic) bond motifs is 1. The Bertz CT molecular complexity index is 467. The molecule has 3 nitrogen and oxygen atoms in total. The van der Waals surface area contributed by atoms with E-state index in [1.165, 1.54) is 12.4 Å². The number of halogens is 3. The summed E-state index contributed by atoms with van der Waals surface area (Å²) in [6.45, 7) is 0. The van der Waals surface area contributed by atoms with Crippen molar-refractivity contribution in [2.75, 3.05) is 0 Å². The van der Waals surface area contributed by atoms with Gasteiger partial charge in [-0.2, -0.15) is 13.2 Å². The minimum atomic E-state index is -4.39. The van der Waals surface area contributed by atoms with Crippen molar-refractivity contribution in [2.45, 2.75) is 6.18 Å². The van der Waals surface area contributed by atoms with E-state index >= 15 is 0 Å². The van der Waals surface area contributed by atoms with Crippen LogP contribution < -0.4 is 0 Å². The second-order valence-corrected chi connectivity index (χ2v) is 2.62. The van der Waals surface area contributed by atoms with Gasteiger partial charge < -0.3 is 0 Å². The largest absolute Gasteiger partial charge is 0.417 e. The van der Waals surface area contributed by atoms with Gasteiger partial charge in [0.25, 0.3) is 0 Å². The first-order valence-electron chi connectivity index (χ1n) is 3.71. The Hall–Kier alpha value is -1.72. The number of alkyl halides is 3. The zero-order valence-electron chi connectivity index (χ0n) is 6.78. The fourth-order valence-corrected chi connectivity index (χ4v) is 1.01. The summed E-state index contributed by atoms with van der Waals surface area (Å²) in [4.78, 5) is 11.0. The van der Waals surface area contributed by atoms with E-state index in [0.29, 0.717) is 0 Å². The topological polar surface area (TPSA) is 38.7 Å². The van der Waals surface area contributed by atoms with Crippen molar-refractivity contribution in [1.82, 2.24) is 15.0 Å². The maximum atomic E-state index is 12.2. The molecule has 0 fully saturated rings. The Labute approximate surface area is 76.6 Å². The summed E-state index contributed by atoms with van der Waals surface area (Å²) in [6, 6.07) is 0.926. The average Bonchev–Trinajstić information content (AvgIpc) is 2.16. The third kappa shape index (κ3) is 1.50. The van der Waals surface area contributed by atoms with E-state index in [0.717, 1.165) is 12.3 Å². The van der Waals surface area contributed by atoms with Gasteiger partial charge in [-0.25, -0.2) is 9.97 Å². The number of nitrogens with zero attached hydrogens (tertiary/aromatic N) is 3. The van der Waals surface area contributed by atoms with Crippen LogP contribution in [0, 0.1) is 0 Å².